The van der Waals surface area contributed by atoms with Gasteiger partial charge >= 0.3 is 0 Å². The lowest BCUT2D eigenvalue weighted by molar-refractivity contribution is 0.339. The maximum Gasteiger partial charge on any atom is 0.175 e. The molecule has 0 aliphatic carbocycles. The quantitative estimate of drug-likeness (QED) is 0.482. The number of benzene rings is 3. The highest BCUT2D eigenvalue weighted by Gasteiger charge is 2.05. The normalized spacial score (nSPS) is 10.2. The molecule has 5 heteroatoms. The SMILES string of the molecule is CCOc1ccc(Oc2ccc(NC(=S)Nc3c(C)cccc3C)cc2)cc1. The van der Waals surface area contributed by atoms with Gasteiger partial charge in [0.1, 0.15) is 17.2 Å². The van der Waals surface area contributed by atoms with Gasteiger partial charge in [-0.1, -0.05) is 18.2 Å². The van der Waals surface area contributed by atoms with E-state index in [0.29, 0.717) is 11.7 Å². The number of aryl methyl sites for hydroxylation is 2. The third-order valence-electron chi connectivity index (χ3n) is 4.20. The second-order valence-corrected chi connectivity index (χ2v) is 6.79. The summed E-state index contributed by atoms with van der Waals surface area (Å²) in [7, 11) is 0. The van der Waals surface area contributed by atoms with E-state index in [0.717, 1.165) is 39.8 Å². The summed E-state index contributed by atoms with van der Waals surface area (Å²) in [5, 5.41) is 7.03. The summed E-state index contributed by atoms with van der Waals surface area (Å²) >= 11 is 5.44. The molecule has 0 radical (unpaired) electrons. The number of nitrogens with one attached hydrogen (secondary N) is 2. The van der Waals surface area contributed by atoms with Crippen molar-refractivity contribution in [1.82, 2.24) is 0 Å². The Morgan fingerprint density at radius 2 is 1.32 bits per heavy atom. The van der Waals surface area contributed by atoms with Crippen LogP contribution in [0.5, 0.6) is 17.2 Å². The molecule has 4 nitrogen and oxygen atoms in total. The first kappa shape index (κ1) is 19.7. The molecule has 0 fully saturated rings. The van der Waals surface area contributed by atoms with Crippen LogP contribution in [-0.4, -0.2) is 11.7 Å². The molecule has 3 aromatic carbocycles. The zero-order valence-electron chi connectivity index (χ0n) is 16.3. The average Bonchev–Trinajstić information content (AvgIpc) is 2.68. The van der Waals surface area contributed by atoms with Gasteiger partial charge in [-0.25, -0.2) is 0 Å². The number of hydrogen-bond acceptors (Lipinski definition) is 3. The molecule has 0 aliphatic heterocycles. The Balaban J connectivity index is 1.58. The summed E-state index contributed by atoms with van der Waals surface area (Å²) in [4.78, 5) is 0. The van der Waals surface area contributed by atoms with Crippen molar-refractivity contribution in [3.8, 4) is 17.2 Å². The van der Waals surface area contributed by atoms with Crippen LogP contribution < -0.4 is 20.1 Å². The van der Waals surface area contributed by atoms with Crippen LogP contribution in [0.25, 0.3) is 0 Å². The summed E-state index contributed by atoms with van der Waals surface area (Å²) in [5.74, 6) is 2.35. The zero-order chi connectivity index (χ0) is 19.9. The van der Waals surface area contributed by atoms with Crippen molar-refractivity contribution in [2.45, 2.75) is 20.8 Å². The van der Waals surface area contributed by atoms with E-state index in [9.17, 15) is 0 Å². The standard InChI is InChI=1S/C23H24N2O2S/c1-4-26-19-12-14-21(15-13-19)27-20-10-8-18(9-11-20)24-23(28)25-22-16(2)6-5-7-17(22)3/h5-15H,4H2,1-3H3,(H2,24,25,28). The second kappa shape index (κ2) is 9.24. The first-order chi connectivity index (χ1) is 13.5. The van der Waals surface area contributed by atoms with Crippen LogP contribution in [0.4, 0.5) is 11.4 Å². The van der Waals surface area contributed by atoms with Gasteiger partial charge in [0.2, 0.25) is 0 Å². The van der Waals surface area contributed by atoms with E-state index in [1.807, 2.05) is 61.5 Å². The number of ether oxygens (including phenoxy) is 2. The van der Waals surface area contributed by atoms with Crippen molar-refractivity contribution in [2.24, 2.45) is 0 Å². The van der Waals surface area contributed by atoms with Crippen LogP contribution in [0.1, 0.15) is 18.1 Å². The zero-order valence-corrected chi connectivity index (χ0v) is 17.1. The number of para-hydroxylation sites is 1. The fourth-order valence-corrected chi connectivity index (χ4v) is 3.02. The fourth-order valence-electron chi connectivity index (χ4n) is 2.80. The molecule has 0 spiro atoms. The number of thiocarbonyl (C=S) groups is 1. The maximum absolute atomic E-state index is 5.87. The highest BCUT2D eigenvalue weighted by molar-refractivity contribution is 7.80. The molecule has 0 saturated carbocycles. The summed E-state index contributed by atoms with van der Waals surface area (Å²) in [5.41, 5.74) is 4.24. The molecular formula is C23H24N2O2S. The molecule has 0 unspecified atom stereocenters. The van der Waals surface area contributed by atoms with Gasteiger partial charge < -0.3 is 20.1 Å². The van der Waals surface area contributed by atoms with Crippen LogP contribution in [0, 0.1) is 13.8 Å². The molecule has 28 heavy (non-hydrogen) atoms. The van der Waals surface area contributed by atoms with E-state index >= 15 is 0 Å². The van der Waals surface area contributed by atoms with E-state index in [4.69, 9.17) is 21.7 Å². The van der Waals surface area contributed by atoms with E-state index in [2.05, 4.69) is 36.6 Å². The Labute approximate surface area is 171 Å². The lowest BCUT2D eigenvalue weighted by atomic mass is 10.1. The monoisotopic (exact) mass is 392 g/mol. The maximum atomic E-state index is 5.87. The molecule has 0 saturated heterocycles. The van der Waals surface area contributed by atoms with Crippen molar-refractivity contribution in [2.75, 3.05) is 17.2 Å². The van der Waals surface area contributed by atoms with Gasteiger partial charge in [-0.15, -0.1) is 0 Å². The predicted octanol–water partition coefficient (Wildman–Crippen LogP) is 6.30. The minimum absolute atomic E-state index is 0.553. The van der Waals surface area contributed by atoms with Crippen molar-refractivity contribution in [3.05, 3.63) is 77.9 Å². The van der Waals surface area contributed by atoms with Crippen LogP contribution in [0.15, 0.2) is 66.7 Å². The van der Waals surface area contributed by atoms with Gasteiger partial charge in [0, 0.05) is 11.4 Å². The molecule has 144 valence electrons. The fraction of sp³-hybridized carbons (Fsp3) is 0.174. The molecule has 0 heterocycles. The van der Waals surface area contributed by atoms with E-state index < -0.39 is 0 Å². The molecule has 2 N–H and O–H groups in total. The molecule has 0 bridgehead atoms. The van der Waals surface area contributed by atoms with Crippen LogP contribution in [0.2, 0.25) is 0 Å². The van der Waals surface area contributed by atoms with Crippen LogP contribution in [0.3, 0.4) is 0 Å². The van der Waals surface area contributed by atoms with E-state index in [1.165, 1.54) is 0 Å². The summed E-state index contributed by atoms with van der Waals surface area (Å²) in [6.07, 6.45) is 0. The smallest absolute Gasteiger partial charge is 0.175 e. The molecule has 0 amide bonds. The van der Waals surface area contributed by atoms with Crippen molar-refractivity contribution in [1.29, 1.82) is 0 Å². The van der Waals surface area contributed by atoms with Gasteiger partial charge in [-0.3, -0.25) is 0 Å². The Morgan fingerprint density at radius 3 is 1.89 bits per heavy atom. The summed E-state index contributed by atoms with van der Waals surface area (Å²) < 4.78 is 11.3. The van der Waals surface area contributed by atoms with Crippen LogP contribution >= 0.6 is 12.2 Å². The van der Waals surface area contributed by atoms with Crippen LogP contribution in [-0.2, 0) is 0 Å². The Kier molecular flexibility index (Phi) is 6.50. The molecule has 0 atom stereocenters. The van der Waals surface area contributed by atoms with Gasteiger partial charge in [0.05, 0.1) is 6.61 Å². The third-order valence-corrected chi connectivity index (χ3v) is 4.41. The van der Waals surface area contributed by atoms with Gasteiger partial charge in [0.25, 0.3) is 0 Å². The van der Waals surface area contributed by atoms with E-state index in [1.54, 1.807) is 0 Å². The molecule has 3 aromatic rings. The van der Waals surface area contributed by atoms with Crippen molar-refractivity contribution >= 4 is 28.7 Å². The molecule has 0 aromatic heterocycles. The Bertz CT molecular complexity index is 918. The Morgan fingerprint density at radius 1 is 0.786 bits per heavy atom. The van der Waals surface area contributed by atoms with Gasteiger partial charge in [0.15, 0.2) is 5.11 Å². The summed E-state index contributed by atoms with van der Waals surface area (Å²) in [6.45, 7) is 6.73. The first-order valence-corrected chi connectivity index (χ1v) is 9.61. The number of anilines is 2. The molecular weight excluding hydrogens is 368 g/mol. The van der Waals surface area contributed by atoms with Gasteiger partial charge in [-0.05, 0) is 92.6 Å². The lowest BCUT2D eigenvalue weighted by Gasteiger charge is -2.15. The topological polar surface area (TPSA) is 42.5 Å². The minimum atomic E-state index is 0.553. The van der Waals surface area contributed by atoms with E-state index in [-0.39, 0.29) is 0 Å². The number of rotatable bonds is 6. The third kappa shape index (κ3) is 5.24. The van der Waals surface area contributed by atoms with Crippen molar-refractivity contribution in [3.63, 3.8) is 0 Å². The predicted molar refractivity (Wildman–Crippen MR) is 120 cm³/mol. The average molecular weight is 393 g/mol. The molecule has 0 aliphatic rings. The molecule has 3 rings (SSSR count). The summed E-state index contributed by atoms with van der Waals surface area (Å²) in [6, 6.07) is 21.4. The first-order valence-electron chi connectivity index (χ1n) is 9.20. The highest BCUT2D eigenvalue weighted by atomic mass is 32.1. The second-order valence-electron chi connectivity index (χ2n) is 6.38. The minimum Gasteiger partial charge on any atom is -0.494 e. The highest BCUT2D eigenvalue weighted by Crippen LogP contribution is 2.25. The lowest BCUT2D eigenvalue weighted by Crippen LogP contribution is -2.20. The largest absolute Gasteiger partial charge is 0.494 e. The van der Waals surface area contributed by atoms with Gasteiger partial charge in [-0.2, -0.15) is 0 Å². The Hall–Kier alpha value is -3.05. The van der Waals surface area contributed by atoms with Crippen molar-refractivity contribution < 1.29 is 9.47 Å². The number of hydrogen-bond donors (Lipinski definition) is 2.